The molecule has 2 saturated carbocycles. The molecule has 0 radical (unpaired) electrons. The van der Waals surface area contributed by atoms with Gasteiger partial charge in [0.2, 0.25) is 0 Å². The van der Waals surface area contributed by atoms with Crippen LogP contribution in [0.2, 0.25) is 0 Å². The first kappa shape index (κ1) is 17.9. The Balaban J connectivity index is 1.55. The van der Waals surface area contributed by atoms with E-state index in [2.05, 4.69) is 12.2 Å². The SMILES string of the molecule is C[C@@H](NC1CC[C@H](c2ccc(S(C)(=O)=O)cc2)C1)C1CCCCC1. The van der Waals surface area contributed by atoms with E-state index in [9.17, 15) is 8.42 Å². The zero-order valence-corrected chi connectivity index (χ0v) is 15.8. The molecule has 24 heavy (non-hydrogen) atoms. The van der Waals surface area contributed by atoms with Crippen molar-refractivity contribution < 1.29 is 8.42 Å². The van der Waals surface area contributed by atoms with Crippen LogP contribution in [0.1, 0.15) is 69.8 Å². The van der Waals surface area contributed by atoms with Crippen molar-refractivity contribution in [2.75, 3.05) is 6.26 Å². The highest BCUT2D eigenvalue weighted by molar-refractivity contribution is 7.90. The maximum Gasteiger partial charge on any atom is 0.175 e. The fraction of sp³-hybridized carbons (Fsp3) is 0.700. The summed E-state index contributed by atoms with van der Waals surface area (Å²) in [5, 5.41) is 3.89. The highest BCUT2D eigenvalue weighted by atomic mass is 32.2. The summed E-state index contributed by atoms with van der Waals surface area (Å²) in [5.41, 5.74) is 1.29. The van der Waals surface area contributed by atoms with Gasteiger partial charge in [-0.3, -0.25) is 0 Å². The molecule has 3 atom stereocenters. The lowest BCUT2D eigenvalue weighted by Gasteiger charge is -2.30. The molecule has 1 aromatic rings. The fourth-order valence-corrected chi connectivity index (χ4v) is 5.20. The van der Waals surface area contributed by atoms with Gasteiger partial charge in [0.1, 0.15) is 0 Å². The normalized spacial score (nSPS) is 27.2. The van der Waals surface area contributed by atoms with Crippen LogP contribution in [0, 0.1) is 5.92 Å². The molecule has 3 rings (SSSR count). The smallest absolute Gasteiger partial charge is 0.175 e. The van der Waals surface area contributed by atoms with Crippen LogP contribution in [0.25, 0.3) is 0 Å². The molecule has 0 aromatic heterocycles. The van der Waals surface area contributed by atoms with Crippen LogP contribution in [0.3, 0.4) is 0 Å². The van der Waals surface area contributed by atoms with Gasteiger partial charge in [-0.15, -0.1) is 0 Å². The van der Waals surface area contributed by atoms with E-state index < -0.39 is 9.84 Å². The molecular formula is C20H31NO2S. The van der Waals surface area contributed by atoms with E-state index in [-0.39, 0.29) is 0 Å². The second-order valence-electron chi connectivity index (χ2n) is 7.90. The quantitative estimate of drug-likeness (QED) is 0.863. The predicted molar refractivity (Wildman–Crippen MR) is 99.1 cm³/mol. The lowest BCUT2D eigenvalue weighted by atomic mass is 9.84. The van der Waals surface area contributed by atoms with E-state index in [1.165, 1.54) is 63.2 Å². The molecule has 0 spiro atoms. The molecule has 2 fully saturated rings. The Bertz CT molecular complexity index is 632. The largest absolute Gasteiger partial charge is 0.311 e. The van der Waals surface area contributed by atoms with Crippen molar-refractivity contribution in [3.63, 3.8) is 0 Å². The zero-order valence-electron chi connectivity index (χ0n) is 15.0. The summed E-state index contributed by atoms with van der Waals surface area (Å²) >= 11 is 0. The number of sulfone groups is 1. The van der Waals surface area contributed by atoms with Crippen molar-refractivity contribution in [2.45, 2.75) is 81.2 Å². The number of benzene rings is 1. The molecular weight excluding hydrogens is 318 g/mol. The zero-order chi connectivity index (χ0) is 17.2. The fourth-order valence-electron chi connectivity index (χ4n) is 4.56. The Morgan fingerprint density at radius 2 is 1.67 bits per heavy atom. The van der Waals surface area contributed by atoms with E-state index in [0.717, 1.165) is 5.92 Å². The second-order valence-corrected chi connectivity index (χ2v) is 9.92. The Morgan fingerprint density at radius 1 is 1.00 bits per heavy atom. The predicted octanol–water partition coefficient (Wildman–Crippen LogP) is 4.28. The molecule has 1 aromatic carbocycles. The first-order chi connectivity index (χ1) is 11.4. The Labute approximate surface area is 147 Å². The van der Waals surface area contributed by atoms with E-state index in [4.69, 9.17) is 0 Å². The van der Waals surface area contributed by atoms with Crippen molar-refractivity contribution in [3.05, 3.63) is 29.8 Å². The molecule has 134 valence electrons. The monoisotopic (exact) mass is 349 g/mol. The lowest BCUT2D eigenvalue weighted by molar-refractivity contribution is 0.263. The number of rotatable bonds is 5. The third-order valence-electron chi connectivity index (χ3n) is 6.07. The van der Waals surface area contributed by atoms with Crippen LogP contribution in [0.15, 0.2) is 29.2 Å². The second kappa shape index (κ2) is 7.57. The average Bonchev–Trinajstić information content (AvgIpc) is 3.03. The van der Waals surface area contributed by atoms with Crippen LogP contribution in [0.4, 0.5) is 0 Å². The van der Waals surface area contributed by atoms with Crippen LogP contribution in [-0.4, -0.2) is 26.8 Å². The molecule has 3 nitrogen and oxygen atoms in total. The Kier molecular flexibility index (Phi) is 5.66. The van der Waals surface area contributed by atoms with Gasteiger partial charge in [-0.05, 0) is 68.6 Å². The highest BCUT2D eigenvalue weighted by Gasteiger charge is 2.29. The van der Waals surface area contributed by atoms with Crippen molar-refractivity contribution in [1.82, 2.24) is 5.32 Å². The van der Waals surface area contributed by atoms with Gasteiger partial charge in [-0.2, -0.15) is 0 Å². The highest BCUT2D eigenvalue weighted by Crippen LogP contribution is 2.36. The molecule has 0 saturated heterocycles. The molecule has 0 bridgehead atoms. The third-order valence-corrected chi connectivity index (χ3v) is 7.20. The Morgan fingerprint density at radius 3 is 2.29 bits per heavy atom. The average molecular weight is 350 g/mol. The summed E-state index contributed by atoms with van der Waals surface area (Å²) in [6, 6.07) is 8.77. The molecule has 0 aliphatic heterocycles. The Hall–Kier alpha value is -0.870. The molecule has 0 amide bonds. The number of nitrogens with one attached hydrogen (secondary N) is 1. The minimum atomic E-state index is -3.09. The molecule has 4 heteroatoms. The third kappa shape index (κ3) is 4.40. The van der Waals surface area contributed by atoms with E-state index in [0.29, 0.717) is 22.9 Å². The van der Waals surface area contributed by atoms with Gasteiger partial charge in [0, 0.05) is 18.3 Å². The number of hydrogen-bond acceptors (Lipinski definition) is 3. The topological polar surface area (TPSA) is 46.2 Å². The standard InChI is InChI=1S/C20H31NO2S/c1-15(16-6-4-3-5-7-16)21-19-11-8-18(14-19)17-9-12-20(13-10-17)24(2,22)23/h9-10,12-13,15-16,18-19,21H,3-8,11,14H2,1-2H3/t15-,18+,19?/m1/s1. The first-order valence-corrected chi connectivity index (χ1v) is 11.4. The first-order valence-electron chi connectivity index (χ1n) is 9.49. The maximum absolute atomic E-state index is 11.6. The van der Waals surface area contributed by atoms with Gasteiger partial charge in [0.15, 0.2) is 9.84 Å². The van der Waals surface area contributed by atoms with E-state index >= 15 is 0 Å². The van der Waals surface area contributed by atoms with E-state index in [1.54, 1.807) is 12.1 Å². The van der Waals surface area contributed by atoms with Crippen LogP contribution in [-0.2, 0) is 9.84 Å². The molecule has 1 N–H and O–H groups in total. The summed E-state index contributed by atoms with van der Waals surface area (Å²) in [5.74, 6) is 1.42. The summed E-state index contributed by atoms with van der Waals surface area (Å²) in [7, 11) is -3.09. The maximum atomic E-state index is 11.6. The number of hydrogen-bond donors (Lipinski definition) is 1. The van der Waals surface area contributed by atoms with Crippen molar-refractivity contribution in [1.29, 1.82) is 0 Å². The minimum absolute atomic E-state index is 0.421. The van der Waals surface area contributed by atoms with Gasteiger partial charge < -0.3 is 5.32 Å². The van der Waals surface area contributed by atoms with Gasteiger partial charge in [-0.25, -0.2) is 8.42 Å². The molecule has 0 heterocycles. The van der Waals surface area contributed by atoms with Gasteiger partial charge in [-0.1, -0.05) is 31.4 Å². The minimum Gasteiger partial charge on any atom is -0.311 e. The van der Waals surface area contributed by atoms with Crippen LogP contribution in [0.5, 0.6) is 0 Å². The summed E-state index contributed by atoms with van der Waals surface area (Å²) in [6.45, 7) is 2.37. The van der Waals surface area contributed by atoms with Crippen LogP contribution < -0.4 is 5.32 Å². The molecule has 1 unspecified atom stereocenters. The lowest BCUT2D eigenvalue weighted by Crippen LogP contribution is -2.40. The van der Waals surface area contributed by atoms with Crippen molar-refractivity contribution in [3.8, 4) is 0 Å². The van der Waals surface area contributed by atoms with Crippen molar-refractivity contribution >= 4 is 9.84 Å². The van der Waals surface area contributed by atoms with Crippen LogP contribution >= 0.6 is 0 Å². The molecule has 2 aliphatic carbocycles. The summed E-state index contributed by atoms with van der Waals surface area (Å²) in [4.78, 5) is 0.421. The summed E-state index contributed by atoms with van der Waals surface area (Å²) in [6.07, 6.45) is 11.9. The van der Waals surface area contributed by atoms with Crippen molar-refractivity contribution in [2.24, 2.45) is 5.92 Å². The van der Waals surface area contributed by atoms with Gasteiger partial charge in [0.25, 0.3) is 0 Å². The van der Waals surface area contributed by atoms with Gasteiger partial charge in [0.05, 0.1) is 4.90 Å². The van der Waals surface area contributed by atoms with Gasteiger partial charge >= 0.3 is 0 Å². The molecule has 2 aliphatic rings. The van der Waals surface area contributed by atoms with E-state index in [1.807, 2.05) is 12.1 Å². The summed E-state index contributed by atoms with van der Waals surface area (Å²) < 4.78 is 23.2.